The predicted octanol–water partition coefficient (Wildman–Crippen LogP) is 2.97. The molecule has 0 unspecified atom stereocenters. The minimum Gasteiger partial charge on any atom is -0.497 e. The number of oxazole rings is 1. The van der Waals surface area contributed by atoms with Gasteiger partial charge in [-0.05, 0) is 31.2 Å². The molecule has 0 aliphatic carbocycles. The molecule has 0 atom stereocenters. The number of nitrogens with zero attached hydrogens (tertiary/aromatic N) is 1. The van der Waals surface area contributed by atoms with Crippen LogP contribution in [0.15, 0.2) is 28.7 Å². The van der Waals surface area contributed by atoms with Gasteiger partial charge in [-0.25, -0.2) is 4.98 Å². The first-order valence-corrected chi connectivity index (χ1v) is 4.79. The number of aromatic nitrogens is 1. The van der Waals surface area contributed by atoms with Crippen LogP contribution in [0.25, 0.3) is 11.3 Å². The Balaban J connectivity index is 2.41. The van der Waals surface area contributed by atoms with Gasteiger partial charge in [-0.15, -0.1) is 0 Å². The largest absolute Gasteiger partial charge is 0.497 e. The molecule has 0 N–H and O–H groups in total. The van der Waals surface area contributed by atoms with Gasteiger partial charge in [0.1, 0.15) is 5.75 Å². The van der Waals surface area contributed by atoms with Crippen molar-refractivity contribution in [3.8, 4) is 17.1 Å². The summed E-state index contributed by atoms with van der Waals surface area (Å²) in [5.41, 5.74) is 1.94. The molecule has 1 aromatic heterocycles. The van der Waals surface area contributed by atoms with Gasteiger partial charge in [0.25, 0.3) is 0 Å². The lowest BCUT2D eigenvalue weighted by atomic mass is 10.1. The van der Waals surface area contributed by atoms with E-state index < -0.39 is 0 Å². The van der Waals surface area contributed by atoms with Gasteiger partial charge >= 0.3 is 0 Å². The van der Waals surface area contributed by atoms with E-state index in [0.717, 1.165) is 22.8 Å². The van der Waals surface area contributed by atoms with Crippen molar-refractivity contribution in [1.29, 1.82) is 0 Å². The Kier molecular flexibility index (Phi) is 2.46. The summed E-state index contributed by atoms with van der Waals surface area (Å²) in [4.78, 5) is 4.23. The van der Waals surface area contributed by atoms with Crippen LogP contribution in [0.2, 0.25) is 0 Å². The van der Waals surface area contributed by atoms with E-state index >= 15 is 0 Å². The Morgan fingerprint density at radius 1 is 1.13 bits per heavy atom. The average Bonchev–Trinajstić information content (AvgIpc) is 2.58. The van der Waals surface area contributed by atoms with E-state index in [9.17, 15) is 0 Å². The van der Waals surface area contributed by atoms with E-state index in [-0.39, 0.29) is 0 Å². The molecule has 0 amide bonds. The first-order chi connectivity index (χ1) is 7.20. The number of benzene rings is 1. The minimum absolute atomic E-state index is 0.693. The molecule has 3 nitrogen and oxygen atoms in total. The van der Waals surface area contributed by atoms with Gasteiger partial charge in [-0.2, -0.15) is 0 Å². The van der Waals surface area contributed by atoms with E-state index in [1.54, 1.807) is 7.11 Å². The molecule has 78 valence electrons. The van der Waals surface area contributed by atoms with Crippen LogP contribution in [0.3, 0.4) is 0 Å². The quantitative estimate of drug-likeness (QED) is 0.752. The topological polar surface area (TPSA) is 35.3 Å². The molecule has 0 fully saturated rings. The van der Waals surface area contributed by atoms with Crippen molar-refractivity contribution < 1.29 is 9.15 Å². The molecule has 1 aromatic carbocycles. The Hall–Kier alpha value is -1.77. The fraction of sp³-hybridized carbons (Fsp3) is 0.250. The molecular formula is C12H13NO2. The van der Waals surface area contributed by atoms with E-state index in [4.69, 9.17) is 9.15 Å². The molecule has 0 spiro atoms. The molecule has 0 radical (unpaired) electrons. The van der Waals surface area contributed by atoms with Crippen molar-refractivity contribution in [2.75, 3.05) is 7.11 Å². The van der Waals surface area contributed by atoms with Crippen LogP contribution in [0.4, 0.5) is 0 Å². The SMILES string of the molecule is COc1ccc(-c2oc(C)nc2C)cc1. The number of ether oxygens (including phenoxy) is 1. The Labute approximate surface area is 88.7 Å². The fourth-order valence-corrected chi connectivity index (χ4v) is 1.54. The summed E-state index contributed by atoms with van der Waals surface area (Å²) in [6.45, 7) is 3.79. The highest BCUT2D eigenvalue weighted by atomic mass is 16.5. The molecule has 0 aliphatic rings. The van der Waals surface area contributed by atoms with Gasteiger partial charge < -0.3 is 9.15 Å². The number of methoxy groups -OCH3 is 1. The van der Waals surface area contributed by atoms with Crippen LogP contribution < -0.4 is 4.74 Å². The van der Waals surface area contributed by atoms with Gasteiger partial charge in [-0.3, -0.25) is 0 Å². The molecule has 0 bridgehead atoms. The van der Waals surface area contributed by atoms with E-state index in [0.29, 0.717) is 5.89 Å². The zero-order chi connectivity index (χ0) is 10.8. The second kappa shape index (κ2) is 3.77. The lowest BCUT2D eigenvalue weighted by molar-refractivity contribution is 0.415. The van der Waals surface area contributed by atoms with Crippen LogP contribution in [-0.4, -0.2) is 12.1 Å². The Morgan fingerprint density at radius 3 is 2.27 bits per heavy atom. The van der Waals surface area contributed by atoms with Crippen molar-refractivity contribution >= 4 is 0 Å². The Bertz CT molecular complexity index is 457. The summed E-state index contributed by atoms with van der Waals surface area (Å²) in [7, 11) is 1.65. The maximum Gasteiger partial charge on any atom is 0.192 e. The number of aryl methyl sites for hydroxylation is 2. The van der Waals surface area contributed by atoms with Crippen molar-refractivity contribution in [2.24, 2.45) is 0 Å². The fourth-order valence-electron chi connectivity index (χ4n) is 1.54. The molecule has 1 heterocycles. The normalized spacial score (nSPS) is 10.3. The third-order valence-corrected chi connectivity index (χ3v) is 2.26. The van der Waals surface area contributed by atoms with Gasteiger partial charge in [0.05, 0.1) is 12.8 Å². The first kappa shape index (κ1) is 9.77. The Morgan fingerprint density at radius 2 is 1.80 bits per heavy atom. The summed E-state index contributed by atoms with van der Waals surface area (Å²) in [5.74, 6) is 2.36. The van der Waals surface area contributed by atoms with Crippen LogP contribution in [0, 0.1) is 13.8 Å². The van der Waals surface area contributed by atoms with Gasteiger partial charge in [-0.1, -0.05) is 0 Å². The van der Waals surface area contributed by atoms with Crippen LogP contribution in [0.5, 0.6) is 5.75 Å². The second-order valence-electron chi connectivity index (χ2n) is 3.38. The predicted molar refractivity (Wildman–Crippen MR) is 58.0 cm³/mol. The first-order valence-electron chi connectivity index (χ1n) is 4.79. The van der Waals surface area contributed by atoms with E-state index in [1.807, 2.05) is 38.1 Å². The standard InChI is InChI=1S/C12H13NO2/c1-8-12(15-9(2)13-8)10-4-6-11(14-3)7-5-10/h4-7H,1-3H3. The number of rotatable bonds is 2. The average molecular weight is 203 g/mol. The maximum atomic E-state index is 5.52. The summed E-state index contributed by atoms with van der Waals surface area (Å²) in [6, 6.07) is 7.75. The van der Waals surface area contributed by atoms with Gasteiger partial charge in [0.2, 0.25) is 0 Å². The van der Waals surface area contributed by atoms with Crippen LogP contribution in [0.1, 0.15) is 11.6 Å². The third kappa shape index (κ3) is 1.86. The van der Waals surface area contributed by atoms with Crippen molar-refractivity contribution in [3.05, 3.63) is 35.9 Å². The third-order valence-electron chi connectivity index (χ3n) is 2.26. The lowest BCUT2D eigenvalue weighted by Gasteiger charge is -2.00. The molecular weight excluding hydrogens is 190 g/mol. The van der Waals surface area contributed by atoms with Crippen molar-refractivity contribution in [2.45, 2.75) is 13.8 Å². The van der Waals surface area contributed by atoms with E-state index in [1.165, 1.54) is 0 Å². The minimum atomic E-state index is 0.693. The monoisotopic (exact) mass is 203 g/mol. The lowest BCUT2D eigenvalue weighted by Crippen LogP contribution is -1.83. The van der Waals surface area contributed by atoms with Crippen molar-refractivity contribution in [1.82, 2.24) is 4.98 Å². The van der Waals surface area contributed by atoms with E-state index in [2.05, 4.69) is 4.98 Å². The molecule has 0 saturated carbocycles. The summed E-state index contributed by atoms with van der Waals surface area (Å²) >= 11 is 0. The van der Waals surface area contributed by atoms with Gasteiger partial charge in [0.15, 0.2) is 11.7 Å². The summed E-state index contributed by atoms with van der Waals surface area (Å²) in [6.07, 6.45) is 0. The van der Waals surface area contributed by atoms with Crippen LogP contribution in [-0.2, 0) is 0 Å². The molecule has 2 aromatic rings. The highest BCUT2D eigenvalue weighted by Crippen LogP contribution is 2.25. The summed E-state index contributed by atoms with van der Waals surface area (Å²) < 4.78 is 10.6. The second-order valence-corrected chi connectivity index (χ2v) is 3.38. The highest BCUT2D eigenvalue weighted by Gasteiger charge is 2.08. The highest BCUT2D eigenvalue weighted by molar-refractivity contribution is 5.60. The molecule has 0 aliphatic heterocycles. The zero-order valence-corrected chi connectivity index (χ0v) is 9.07. The molecule has 15 heavy (non-hydrogen) atoms. The van der Waals surface area contributed by atoms with Crippen molar-refractivity contribution in [3.63, 3.8) is 0 Å². The van der Waals surface area contributed by atoms with Gasteiger partial charge in [0, 0.05) is 12.5 Å². The van der Waals surface area contributed by atoms with Crippen LogP contribution >= 0.6 is 0 Å². The maximum absolute atomic E-state index is 5.52. The zero-order valence-electron chi connectivity index (χ0n) is 9.07. The number of hydrogen-bond acceptors (Lipinski definition) is 3. The summed E-state index contributed by atoms with van der Waals surface area (Å²) in [5, 5.41) is 0. The molecule has 2 rings (SSSR count). The molecule has 0 saturated heterocycles. The smallest absolute Gasteiger partial charge is 0.192 e. The number of hydrogen-bond donors (Lipinski definition) is 0. The molecule has 3 heteroatoms.